The SMILES string of the molecule is COCc1noc(CN2CCN(c3c(C#N)cnc4c(F)ccc(Cl)c34)CC2)n1. The second-order valence-electron chi connectivity index (χ2n) is 6.69. The van der Waals surface area contributed by atoms with Gasteiger partial charge in [-0.1, -0.05) is 16.8 Å². The molecule has 0 bridgehead atoms. The fourth-order valence-electron chi connectivity index (χ4n) is 3.49. The molecule has 0 unspecified atom stereocenters. The van der Waals surface area contributed by atoms with E-state index in [0.717, 1.165) is 0 Å². The molecule has 0 N–H and O–H groups in total. The van der Waals surface area contributed by atoms with Gasteiger partial charge in [-0.05, 0) is 12.1 Å². The zero-order chi connectivity index (χ0) is 20.4. The van der Waals surface area contributed by atoms with Gasteiger partial charge in [0.15, 0.2) is 5.82 Å². The molecule has 8 nitrogen and oxygen atoms in total. The van der Waals surface area contributed by atoms with Crippen molar-refractivity contribution in [2.24, 2.45) is 0 Å². The number of anilines is 1. The van der Waals surface area contributed by atoms with Crippen molar-refractivity contribution in [2.75, 3.05) is 38.2 Å². The van der Waals surface area contributed by atoms with E-state index in [1.807, 2.05) is 0 Å². The largest absolute Gasteiger partial charge is 0.377 e. The van der Waals surface area contributed by atoms with Gasteiger partial charge in [0, 0.05) is 44.9 Å². The van der Waals surface area contributed by atoms with E-state index >= 15 is 0 Å². The standard InChI is InChI=1S/C19H18ClFN6O2/c1-28-11-15-24-16(29-25-15)10-26-4-6-27(7-5-26)19-12(8-22)9-23-18-14(21)3-2-13(20)17(18)19/h2-3,9H,4-7,10-11H2,1H3. The summed E-state index contributed by atoms with van der Waals surface area (Å²) in [6.45, 7) is 3.54. The zero-order valence-electron chi connectivity index (χ0n) is 15.7. The van der Waals surface area contributed by atoms with E-state index in [1.54, 1.807) is 7.11 Å². The second kappa shape index (κ2) is 8.29. The van der Waals surface area contributed by atoms with Crippen molar-refractivity contribution in [2.45, 2.75) is 13.2 Å². The summed E-state index contributed by atoms with van der Waals surface area (Å²) >= 11 is 6.36. The van der Waals surface area contributed by atoms with Crippen molar-refractivity contribution < 1.29 is 13.7 Å². The van der Waals surface area contributed by atoms with Crippen molar-refractivity contribution in [1.29, 1.82) is 5.26 Å². The molecule has 0 atom stereocenters. The van der Waals surface area contributed by atoms with Crippen LogP contribution in [0, 0.1) is 17.1 Å². The predicted octanol–water partition coefficient (Wildman–Crippen LogP) is 2.75. The number of aromatic nitrogens is 3. The highest BCUT2D eigenvalue weighted by Crippen LogP contribution is 2.36. The lowest BCUT2D eigenvalue weighted by Crippen LogP contribution is -2.46. The molecule has 150 valence electrons. The molecule has 3 aromatic rings. The third-order valence-electron chi connectivity index (χ3n) is 4.84. The van der Waals surface area contributed by atoms with Gasteiger partial charge in [-0.2, -0.15) is 10.2 Å². The molecule has 4 rings (SSSR count). The molecule has 1 saturated heterocycles. The predicted molar refractivity (Wildman–Crippen MR) is 104 cm³/mol. The Morgan fingerprint density at radius 1 is 1.31 bits per heavy atom. The van der Waals surface area contributed by atoms with Crippen LogP contribution in [0.25, 0.3) is 10.9 Å². The number of hydrogen-bond acceptors (Lipinski definition) is 8. The van der Waals surface area contributed by atoms with E-state index in [4.69, 9.17) is 20.9 Å². The minimum atomic E-state index is -0.461. The van der Waals surface area contributed by atoms with Crippen molar-refractivity contribution in [1.82, 2.24) is 20.0 Å². The topological polar surface area (TPSA) is 91.3 Å². The molecular formula is C19H18ClFN6O2. The highest BCUT2D eigenvalue weighted by molar-refractivity contribution is 6.36. The van der Waals surface area contributed by atoms with Gasteiger partial charge in [0.1, 0.15) is 24.0 Å². The summed E-state index contributed by atoms with van der Waals surface area (Å²) in [7, 11) is 1.58. The Labute approximate surface area is 171 Å². The van der Waals surface area contributed by atoms with Gasteiger partial charge < -0.3 is 14.2 Å². The van der Waals surface area contributed by atoms with E-state index < -0.39 is 5.82 Å². The fraction of sp³-hybridized carbons (Fsp3) is 0.368. The second-order valence-corrected chi connectivity index (χ2v) is 7.09. The lowest BCUT2D eigenvalue weighted by Gasteiger charge is -2.36. The van der Waals surface area contributed by atoms with Gasteiger partial charge in [-0.15, -0.1) is 0 Å². The first-order valence-corrected chi connectivity index (χ1v) is 9.43. The Bertz CT molecular complexity index is 1070. The smallest absolute Gasteiger partial charge is 0.240 e. The number of fused-ring (bicyclic) bond motifs is 1. The van der Waals surface area contributed by atoms with Gasteiger partial charge in [0.2, 0.25) is 5.89 Å². The quantitative estimate of drug-likeness (QED) is 0.627. The molecule has 0 amide bonds. The molecule has 0 radical (unpaired) electrons. The molecule has 0 saturated carbocycles. The number of pyridine rings is 1. The molecule has 3 heterocycles. The van der Waals surface area contributed by atoms with E-state index in [2.05, 4.69) is 31.0 Å². The summed E-state index contributed by atoms with van der Waals surface area (Å²) in [5, 5.41) is 14.3. The van der Waals surface area contributed by atoms with Gasteiger partial charge in [-0.3, -0.25) is 9.88 Å². The van der Waals surface area contributed by atoms with Crippen molar-refractivity contribution in [3.05, 3.63) is 46.4 Å². The number of piperazine rings is 1. The molecule has 1 aliphatic heterocycles. The summed E-state index contributed by atoms with van der Waals surface area (Å²) in [5.74, 6) is 0.583. The average Bonchev–Trinajstić information content (AvgIpc) is 3.17. The first kappa shape index (κ1) is 19.5. The van der Waals surface area contributed by atoms with Crippen LogP contribution in [-0.4, -0.2) is 53.3 Å². The van der Waals surface area contributed by atoms with Crippen LogP contribution in [0.4, 0.5) is 10.1 Å². The van der Waals surface area contributed by atoms with Crippen LogP contribution in [-0.2, 0) is 17.9 Å². The summed E-state index contributed by atoms with van der Waals surface area (Å²) in [5.41, 5.74) is 1.17. The molecule has 0 aliphatic carbocycles. The van der Waals surface area contributed by atoms with Crippen LogP contribution in [0.3, 0.4) is 0 Å². The van der Waals surface area contributed by atoms with Crippen LogP contribution in [0.2, 0.25) is 5.02 Å². The van der Waals surface area contributed by atoms with Crippen LogP contribution in [0.1, 0.15) is 17.3 Å². The molecule has 10 heteroatoms. The molecule has 1 aromatic carbocycles. The van der Waals surface area contributed by atoms with E-state index in [0.29, 0.717) is 72.7 Å². The Kier molecular flexibility index (Phi) is 5.58. The number of hydrogen-bond donors (Lipinski definition) is 0. The molecule has 2 aromatic heterocycles. The zero-order valence-corrected chi connectivity index (χ0v) is 16.5. The molecule has 1 fully saturated rings. The molecule has 1 aliphatic rings. The highest BCUT2D eigenvalue weighted by atomic mass is 35.5. The Hall–Kier alpha value is -2.80. The van der Waals surface area contributed by atoms with Crippen molar-refractivity contribution in [3.8, 4) is 6.07 Å². The summed E-state index contributed by atoms with van der Waals surface area (Å²) < 4.78 is 24.5. The highest BCUT2D eigenvalue weighted by Gasteiger charge is 2.25. The van der Waals surface area contributed by atoms with E-state index in [-0.39, 0.29) is 5.52 Å². The number of benzene rings is 1. The van der Waals surface area contributed by atoms with E-state index in [1.165, 1.54) is 18.3 Å². The number of halogens is 2. The minimum Gasteiger partial charge on any atom is -0.377 e. The van der Waals surface area contributed by atoms with Crippen molar-refractivity contribution >= 4 is 28.2 Å². The summed E-state index contributed by atoms with van der Waals surface area (Å²) in [6.07, 6.45) is 1.40. The molecule has 0 spiro atoms. The van der Waals surface area contributed by atoms with Crippen LogP contribution in [0.5, 0.6) is 0 Å². The first-order chi connectivity index (χ1) is 14.1. The fourth-order valence-corrected chi connectivity index (χ4v) is 3.73. The number of methoxy groups -OCH3 is 1. The lowest BCUT2D eigenvalue weighted by atomic mass is 10.1. The maximum Gasteiger partial charge on any atom is 0.240 e. The molecular weight excluding hydrogens is 399 g/mol. The number of rotatable bonds is 5. The van der Waals surface area contributed by atoms with Crippen LogP contribution < -0.4 is 4.90 Å². The Morgan fingerprint density at radius 2 is 2.10 bits per heavy atom. The Balaban J connectivity index is 1.54. The first-order valence-electron chi connectivity index (χ1n) is 9.05. The Morgan fingerprint density at radius 3 is 2.83 bits per heavy atom. The summed E-state index contributed by atoms with van der Waals surface area (Å²) in [6, 6.07) is 4.93. The van der Waals surface area contributed by atoms with Gasteiger partial charge >= 0.3 is 0 Å². The lowest BCUT2D eigenvalue weighted by molar-refractivity contribution is 0.174. The maximum atomic E-state index is 14.2. The normalized spacial score (nSPS) is 15.0. The van der Waals surface area contributed by atoms with Crippen LogP contribution in [0.15, 0.2) is 22.9 Å². The number of nitrogens with zero attached hydrogens (tertiary/aromatic N) is 6. The number of nitriles is 1. The molecule has 29 heavy (non-hydrogen) atoms. The minimum absolute atomic E-state index is 0.172. The summed E-state index contributed by atoms with van der Waals surface area (Å²) in [4.78, 5) is 12.6. The van der Waals surface area contributed by atoms with E-state index in [9.17, 15) is 9.65 Å². The maximum absolute atomic E-state index is 14.2. The average molecular weight is 417 g/mol. The van der Waals surface area contributed by atoms with Crippen LogP contribution >= 0.6 is 11.6 Å². The number of ether oxygens (including phenoxy) is 1. The van der Waals surface area contributed by atoms with Crippen molar-refractivity contribution in [3.63, 3.8) is 0 Å². The monoisotopic (exact) mass is 416 g/mol. The third kappa shape index (κ3) is 3.87. The third-order valence-corrected chi connectivity index (χ3v) is 5.16. The van der Waals surface area contributed by atoms with Gasteiger partial charge in [0.25, 0.3) is 0 Å². The van der Waals surface area contributed by atoms with Gasteiger partial charge in [0.05, 0.1) is 22.8 Å². The van der Waals surface area contributed by atoms with Gasteiger partial charge in [-0.25, -0.2) is 4.39 Å².